The fraction of sp³-hybridized carbons (Fsp3) is 0.923. The first-order valence-electron chi connectivity index (χ1n) is 6.58. The Morgan fingerprint density at radius 1 is 1.37 bits per heavy atom. The summed E-state index contributed by atoms with van der Waals surface area (Å²) in [5, 5.41) is 0. The summed E-state index contributed by atoms with van der Waals surface area (Å²) < 4.78 is 16.2. The van der Waals surface area contributed by atoms with E-state index in [0.29, 0.717) is 25.3 Å². The Morgan fingerprint density at radius 2 is 2.00 bits per heavy atom. The fourth-order valence-corrected chi connectivity index (χ4v) is 1.65. The maximum atomic E-state index is 12.1. The van der Waals surface area contributed by atoms with E-state index in [2.05, 4.69) is 9.24 Å². The van der Waals surface area contributed by atoms with Crippen molar-refractivity contribution in [2.45, 2.75) is 45.8 Å². The van der Waals surface area contributed by atoms with E-state index in [0.717, 1.165) is 0 Å². The lowest BCUT2D eigenvalue weighted by Crippen LogP contribution is -2.41. The zero-order chi connectivity index (χ0) is 14.9. The van der Waals surface area contributed by atoms with Gasteiger partial charge in [-0.2, -0.15) is 0 Å². The van der Waals surface area contributed by atoms with Crippen molar-refractivity contribution in [3.8, 4) is 0 Å². The molecule has 0 aromatic carbocycles. The minimum absolute atomic E-state index is 0.121. The Bertz CT molecular complexity index is 265. The minimum atomic E-state index is -0.916. The largest absolute Gasteiger partial charge is 0.461 e. The number of esters is 1. The highest BCUT2D eigenvalue weighted by atomic mass is 35.5. The van der Waals surface area contributed by atoms with Crippen LogP contribution in [0.2, 0.25) is 0 Å². The van der Waals surface area contributed by atoms with Gasteiger partial charge in [0.05, 0.1) is 19.1 Å². The molecule has 0 N–H and O–H groups in total. The van der Waals surface area contributed by atoms with Crippen LogP contribution >= 0.6 is 20.8 Å². The Labute approximate surface area is 123 Å². The summed E-state index contributed by atoms with van der Waals surface area (Å²) in [7, 11) is 2.46. The molecule has 0 heterocycles. The maximum absolute atomic E-state index is 12.1. The smallest absolute Gasteiger partial charge is 0.338 e. The second-order valence-corrected chi connectivity index (χ2v) is 5.54. The second kappa shape index (κ2) is 9.93. The van der Waals surface area contributed by atoms with Gasteiger partial charge >= 0.3 is 5.97 Å². The van der Waals surface area contributed by atoms with Gasteiger partial charge in [0.2, 0.25) is 0 Å². The molecular weight excluding hydrogens is 287 g/mol. The molecule has 0 bridgehead atoms. The topological polar surface area (TPSA) is 44.8 Å². The molecule has 0 fully saturated rings. The van der Waals surface area contributed by atoms with Crippen molar-refractivity contribution in [1.29, 1.82) is 0 Å². The molecule has 0 aromatic rings. The molecule has 0 aliphatic rings. The Morgan fingerprint density at radius 3 is 2.47 bits per heavy atom. The predicted molar refractivity (Wildman–Crippen MR) is 80.6 cm³/mol. The molecule has 19 heavy (non-hydrogen) atoms. The number of carbonyl (C=O) groups is 1. The van der Waals surface area contributed by atoms with Crippen LogP contribution in [0.3, 0.4) is 0 Å². The van der Waals surface area contributed by atoms with Crippen LogP contribution in [-0.4, -0.2) is 43.1 Å². The van der Waals surface area contributed by atoms with Crippen LogP contribution in [0.1, 0.15) is 34.1 Å². The van der Waals surface area contributed by atoms with Gasteiger partial charge < -0.3 is 14.2 Å². The van der Waals surface area contributed by atoms with Crippen LogP contribution in [-0.2, 0) is 19.0 Å². The van der Waals surface area contributed by atoms with Crippen LogP contribution < -0.4 is 0 Å². The molecule has 4 nitrogen and oxygen atoms in total. The van der Waals surface area contributed by atoms with Gasteiger partial charge in [0.1, 0.15) is 6.61 Å². The zero-order valence-electron chi connectivity index (χ0n) is 12.3. The quantitative estimate of drug-likeness (QED) is 0.353. The van der Waals surface area contributed by atoms with E-state index >= 15 is 0 Å². The SMILES string of the molecule is CCC(C)(OCC(C)CCl)C(=O)OCC(C)OCP. The molecule has 0 amide bonds. The summed E-state index contributed by atoms with van der Waals surface area (Å²) in [5.41, 5.74) is -0.916. The van der Waals surface area contributed by atoms with Gasteiger partial charge in [0, 0.05) is 5.88 Å². The number of halogens is 1. The standard InChI is InChI=1S/C13H26ClO4P/c1-5-13(4,18-7-10(2)6-14)12(15)16-8-11(3)17-9-19/h10-11H,5-9,19H2,1-4H3. The first-order valence-corrected chi connectivity index (χ1v) is 7.93. The normalized spacial score (nSPS) is 17.6. The predicted octanol–water partition coefficient (Wildman–Crippen LogP) is 2.83. The van der Waals surface area contributed by atoms with Gasteiger partial charge in [-0.3, -0.25) is 0 Å². The monoisotopic (exact) mass is 312 g/mol. The van der Waals surface area contributed by atoms with E-state index in [1.54, 1.807) is 6.92 Å². The highest BCUT2D eigenvalue weighted by molar-refractivity contribution is 7.16. The van der Waals surface area contributed by atoms with Crippen LogP contribution in [0, 0.1) is 5.92 Å². The number of hydrogen-bond donors (Lipinski definition) is 0. The Kier molecular flexibility index (Phi) is 9.98. The average Bonchev–Trinajstić information content (AvgIpc) is 2.41. The van der Waals surface area contributed by atoms with Gasteiger partial charge in [-0.15, -0.1) is 20.8 Å². The zero-order valence-corrected chi connectivity index (χ0v) is 14.2. The summed E-state index contributed by atoms with van der Waals surface area (Å²) in [6.45, 7) is 8.16. The fourth-order valence-electron chi connectivity index (χ4n) is 1.23. The van der Waals surface area contributed by atoms with Crippen LogP contribution in [0.15, 0.2) is 0 Å². The summed E-state index contributed by atoms with van der Waals surface area (Å²) in [5.74, 6) is 0.365. The molecule has 0 aromatic heterocycles. The summed E-state index contributed by atoms with van der Waals surface area (Å²) in [4.78, 5) is 12.1. The van der Waals surface area contributed by atoms with Gasteiger partial charge in [0.15, 0.2) is 5.60 Å². The van der Waals surface area contributed by atoms with E-state index < -0.39 is 5.60 Å². The van der Waals surface area contributed by atoms with E-state index in [1.165, 1.54) is 0 Å². The lowest BCUT2D eigenvalue weighted by molar-refractivity contribution is -0.175. The van der Waals surface area contributed by atoms with Crippen LogP contribution in [0.4, 0.5) is 0 Å². The summed E-state index contributed by atoms with van der Waals surface area (Å²) in [6, 6.07) is 0. The van der Waals surface area contributed by atoms with Gasteiger partial charge in [-0.25, -0.2) is 4.79 Å². The molecule has 114 valence electrons. The first-order chi connectivity index (χ1) is 8.89. The van der Waals surface area contributed by atoms with Crippen molar-refractivity contribution in [3.05, 3.63) is 0 Å². The first kappa shape index (κ1) is 19.1. The third-order valence-corrected chi connectivity index (χ3v) is 3.61. The lowest BCUT2D eigenvalue weighted by atomic mass is 10.0. The van der Waals surface area contributed by atoms with Crippen LogP contribution in [0.25, 0.3) is 0 Å². The number of hydrogen-bond acceptors (Lipinski definition) is 4. The molecule has 4 unspecified atom stereocenters. The molecule has 0 aliphatic carbocycles. The van der Waals surface area contributed by atoms with Crippen molar-refractivity contribution in [2.75, 3.05) is 25.4 Å². The third-order valence-electron chi connectivity index (χ3n) is 2.89. The van der Waals surface area contributed by atoms with Gasteiger partial charge in [-0.05, 0) is 26.2 Å². The van der Waals surface area contributed by atoms with Crippen molar-refractivity contribution >= 4 is 26.8 Å². The summed E-state index contributed by atoms with van der Waals surface area (Å²) >= 11 is 5.73. The highest BCUT2D eigenvalue weighted by Crippen LogP contribution is 2.19. The molecule has 4 atom stereocenters. The van der Waals surface area contributed by atoms with Crippen molar-refractivity contribution in [2.24, 2.45) is 5.92 Å². The van der Waals surface area contributed by atoms with Gasteiger partial charge in [0.25, 0.3) is 0 Å². The third kappa shape index (κ3) is 7.45. The molecule has 0 saturated carbocycles. The number of carbonyl (C=O) groups excluding carboxylic acids is 1. The van der Waals surface area contributed by atoms with E-state index in [-0.39, 0.29) is 24.6 Å². The van der Waals surface area contributed by atoms with E-state index in [9.17, 15) is 4.79 Å². The Balaban J connectivity index is 4.27. The molecule has 0 radical (unpaired) electrons. The van der Waals surface area contributed by atoms with Crippen LogP contribution in [0.5, 0.6) is 0 Å². The van der Waals surface area contributed by atoms with Crippen molar-refractivity contribution in [3.63, 3.8) is 0 Å². The number of rotatable bonds is 10. The molecule has 0 spiro atoms. The molecule has 0 aliphatic heterocycles. The molecule has 0 rings (SSSR count). The average molecular weight is 313 g/mol. The van der Waals surface area contributed by atoms with Crippen molar-refractivity contribution < 1.29 is 19.0 Å². The maximum Gasteiger partial charge on any atom is 0.338 e. The Hall–Kier alpha value is 0.110. The minimum Gasteiger partial charge on any atom is -0.461 e. The van der Waals surface area contributed by atoms with E-state index in [4.69, 9.17) is 25.8 Å². The molecule has 0 saturated heterocycles. The van der Waals surface area contributed by atoms with Crippen molar-refractivity contribution in [1.82, 2.24) is 0 Å². The second-order valence-electron chi connectivity index (χ2n) is 4.90. The van der Waals surface area contributed by atoms with E-state index in [1.807, 2.05) is 20.8 Å². The number of ether oxygens (including phenoxy) is 3. The molecular formula is C13H26ClO4P. The number of alkyl halides is 1. The highest BCUT2D eigenvalue weighted by Gasteiger charge is 2.34. The van der Waals surface area contributed by atoms with Gasteiger partial charge in [-0.1, -0.05) is 13.8 Å². The molecule has 6 heteroatoms. The lowest BCUT2D eigenvalue weighted by Gasteiger charge is -2.28. The summed E-state index contributed by atoms with van der Waals surface area (Å²) in [6.07, 6.45) is 0.956.